The van der Waals surface area contributed by atoms with Gasteiger partial charge in [0.25, 0.3) is 0 Å². The SMILES string of the molecule is CCN(CCN)CCO. The van der Waals surface area contributed by atoms with Gasteiger partial charge in [-0.05, 0) is 6.54 Å². The highest BCUT2D eigenvalue weighted by atomic mass is 16.3. The third-order valence-corrected chi connectivity index (χ3v) is 1.31. The van der Waals surface area contributed by atoms with Crippen LogP contribution < -0.4 is 5.73 Å². The van der Waals surface area contributed by atoms with Gasteiger partial charge in [-0.3, -0.25) is 0 Å². The standard InChI is InChI=1S/C6H16N2O/c1-2-8(4-3-7)5-6-9/h9H,2-7H2,1H3. The molecule has 0 aromatic carbocycles. The number of aliphatic hydroxyl groups excluding tert-OH is 1. The van der Waals surface area contributed by atoms with E-state index in [4.69, 9.17) is 10.8 Å². The molecule has 0 bridgehead atoms. The Morgan fingerprint density at radius 1 is 1.44 bits per heavy atom. The molecule has 0 aliphatic heterocycles. The summed E-state index contributed by atoms with van der Waals surface area (Å²) < 4.78 is 0. The lowest BCUT2D eigenvalue weighted by atomic mass is 10.4. The molecule has 0 fully saturated rings. The van der Waals surface area contributed by atoms with Crippen LogP contribution in [0.2, 0.25) is 0 Å². The van der Waals surface area contributed by atoms with Crippen molar-refractivity contribution in [1.29, 1.82) is 0 Å². The molecule has 9 heavy (non-hydrogen) atoms. The van der Waals surface area contributed by atoms with E-state index in [0.717, 1.165) is 19.6 Å². The topological polar surface area (TPSA) is 49.5 Å². The molecule has 0 aromatic rings. The molecule has 0 heterocycles. The number of nitrogens with two attached hydrogens (primary N) is 1. The first-order valence-electron chi connectivity index (χ1n) is 3.38. The van der Waals surface area contributed by atoms with Crippen molar-refractivity contribution >= 4 is 0 Å². The van der Waals surface area contributed by atoms with Gasteiger partial charge in [-0.1, -0.05) is 6.92 Å². The quantitative estimate of drug-likeness (QED) is 0.518. The number of rotatable bonds is 5. The molecule has 0 aliphatic carbocycles. The lowest BCUT2D eigenvalue weighted by molar-refractivity contribution is 0.205. The van der Waals surface area contributed by atoms with E-state index < -0.39 is 0 Å². The second-order valence-electron chi connectivity index (χ2n) is 1.95. The van der Waals surface area contributed by atoms with Crippen molar-refractivity contribution in [2.45, 2.75) is 6.92 Å². The van der Waals surface area contributed by atoms with Crippen molar-refractivity contribution in [3.63, 3.8) is 0 Å². The van der Waals surface area contributed by atoms with Gasteiger partial charge in [0.05, 0.1) is 6.61 Å². The van der Waals surface area contributed by atoms with Crippen LogP contribution in [-0.4, -0.2) is 42.8 Å². The molecule has 0 rings (SSSR count). The maximum atomic E-state index is 8.51. The van der Waals surface area contributed by atoms with Crippen molar-refractivity contribution < 1.29 is 5.11 Å². The molecule has 0 atom stereocenters. The molecule has 3 heteroatoms. The van der Waals surface area contributed by atoms with Crippen molar-refractivity contribution in [2.75, 3.05) is 32.8 Å². The zero-order valence-corrected chi connectivity index (χ0v) is 6.01. The monoisotopic (exact) mass is 132 g/mol. The zero-order chi connectivity index (χ0) is 7.11. The van der Waals surface area contributed by atoms with Crippen molar-refractivity contribution in [3.05, 3.63) is 0 Å². The van der Waals surface area contributed by atoms with Crippen LogP contribution in [0.5, 0.6) is 0 Å². The fourth-order valence-corrected chi connectivity index (χ4v) is 0.752. The molecule has 3 nitrogen and oxygen atoms in total. The lowest BCUT2D eigenvalue weighted by Gasteiger charge is -2.16. The molecule has 0 aliphatic rings. The van der Waals surface area contributed by atoms with Crippen LogP contribution in [-0.2, 0) is 0 Å². The highest BCUT2D eigenvalue weighted by Gasteiger charge is 1.96. The first-order chi connectivity index (χ1) is 4.35. The van der Waals surface area contributed by atoms with Crippen LogP contribution >= 0.6 is 0 Å². The van der Waals surface area contributed by atoms with Gasteiger partial charge in [0.2, 0.25) is 0 Å². The van der Waals surface area contributed by atoms with Gasteiger partial charge in [-0.15, -0.1) is 0 Å². The Labute approximate surface area is 56.5 Å². The van der Waals surface area contributed by atoms with Gasteiger partial charge in [0.15, 0.2) is 0 Å². The van der Waals surface area contributed by atoms with Crippen LogP contribution in [0, 0.1) is 0 Å². The van der Waals surface area contributed by atoms with E-state index in [1.165, 1.54) is 0 Å². The summed E-state index contributed by atoms with van der Waals surface area (Å²) in [5.74, 6) is 0. The molecule has 56 valence electrons. The van der Waals surface area contributed by atoms with Gasteiger partial charge in [-0.25, -0.2) is 0 Å². The minimum absolute atomic E-state index is 0.230. The fraction of sp³-hybridized carbons (Fsp3) is 1.00. The summed E-state index contributed by atoms with van der Waals surface area (Å²) >= 11 is 0. The van der Waals surface area contributed by atoms with Crippen molar-refractivity contribution in [2.24, 2.45) is 5.73 Å². The summed E-state index contributed by atoms with van der Waals surface area (Å²) in [6, 6.07) is 0. The zero-order valence-electron chi connectivity index (χ0n) is 6.01. The molecular weight excluding hydrogens is 116 g/mol. The Morgan fingerprint density at radius 2 is 2.11 bits per heavy atom. The van der Waals surface area contributed by atoms with Crippen LogP contribution in [0.4, 0.5) is 0 Å². The van der Waals surface area contributed by atoms with Gasteiger partial charge in [0, 0.05) is 19.6 Å². The van der Waals surface area contributed by atoms with Crippen molar-refractivity contribution in [3.8, 4) is 0 Å². The first-order valence-corrected chi connectivity index (χ1v) is 3.38. The molecule has 0 saturated heterocycles. The number of hydrogen-bond acceptors (Lipinski definition) is 3. The summed E-state index contributed by atoms with van der Waals surface area (Å²) in [5.41, 5.74) is 5.31. The lowest BCUT2D eigenvalue weighted by Crippen LogP contribution is -2.31. The summed E-state index contributed by atoms with van der Waals surface area (Å²) in [6.45, 7) is 5.57. The maximum absolute atomic E-state index is 8.51. The van der Waals surface area contributed by atoms with E-state index >= 15 is 0 Å². The van der Waals surface area contributed by atoms with Crippen LogP contribution in [0.1, 0.15) is 6.92 Å². The third kappa shape index (κ3) is 4.39. The normalized spacial score (nSPS) is 10.7. The average molecular weight is 132 g/mol. The Kier molecular flexibility index (Phi) is 5.93. The molecule has 0 unspecified atom stereocenters. The van der Waals surface area contributed by atoms with E-state index in [1.54, 1.807) is 0 Å². The van der Waals surface area contributed by atoms with Gasteiger partial charge >= 0.3 is 0 Å². The highest BCUT2D eigenvalue weighted by Crippen LogP contribution is 1.82. The van der Waals surface area contributed by atoms with E-state index in [1.807, 2.05) is 0 Å². The third-order valence-electron chi connectivity index (χ3n) is 1.31. The Balaban J connectivity index is 3.18. The summed E-state index contributed by atoms with van der Waals surface area (Å²) in [4.78, 5) is 2.11. The van der Waals surface area contributed by atoms with Gasteiger partial charge < -0.3 is 15.7 Å². The molecular formula is C6H16N2O. The Bertz CT molecular complexity index is 53.0. The number of nitrogens with zero attached hydrogens (tertiary/aromatic N) is 1. The fourth-order valence-electron chi connectivity index (χ4n) is 0.752. The molecule has 0 spiro atoms. The number of likely N-dealkylation sites (N-methyl/N-ethyl adjacent to an activating group) is 1. The molecule has 0 amide bonds. The van der Waals surface area contributed by atoms with Gasteiger partial charge in [0.1, 0.15) is 0 Å². The number of hydrogen-bond donors (Lipinski definition) is 2. The number of aliphatic hydroxyl groups is 1. The van der Waals surface area contributed by atoms with Gasteiger partial charge in [-0.2, -0.15) is 0 Å². The smallest absolute Gasteiger partial charge is 0.0558 e. The van der Waals surface area contributed by atoms with E-state index in [2.05, 4.69) is 11.8 Å². The second kappa shape index (κ2) is 6.01. The first kappa shape index (κ1) is 8.88. The van der Waals surface area contributed by atoms with E-state index in [-0.39, 0.29) is 6.61 Å². The minimum Gasteiger partial charge on any atom is -0.395 e. The summed E-state index contributed by atoms with van der Waals surface area (Å²) in [5, 5.41) is 8.51. The molecule has 0 saturated carbocycles. The average Bonchev–Trinajstić information content (AvgIpc) is 1.88. The molecule has 3 N–H and O–H groups in total. The second-order valence-corrected chi connectivity index (χ2v) is 1.95. The summed E-state index contributed by atoms with van der Waals surface area (Å²) in [6.07, 6.45) is 0. The van der Waals surface area contributed by atoms with Crippen molar-refractivity contribution in [1.82, 2.24) is 4.90 Å². The predicted octanol–water partition coefficient (Wildman–Crippen LogP) is -0.741. The van der Waals surface area contributed by atoms with E-state index in [9.17, 15) is 0 Å². The molecule has 0 aromatic heterocycles. The maximum Gasteiger partial charge on any atom is 0.0558 e. The Hall–Kier alpha value is -0.120. The van der Waals surface area contributed by atoms with E-state index in [0.29, 0.717) is 6.54 Å². The predicted molar refractivity (Wildman–Crippen MR) is 38.3 cm³/mol. The molecule has 0 radical (unpaired) electrons. The summed E-state index contributed by atoms with van der Waals surface area (Å²) in [7, 11) is 0. The van der Waals surface area contributed by atoms with Crippen LogP contribution in [0.25, 0.3) is 0 Å². The highest BCUT2D eigenvalue weighted by molar-refractivity contribution is 4.53. The van der Waals surface area contributed by atoms with Crippen LogP contribution in [0.3, 0.4) is 0 Å². The Morgan fingerprint density at radius 3 is 2.44 bits per heavy atom. The van der Waals surface area contributed by atoms with Crippen LogP contribution in [0.15, 0.2) is 0 Å². The minimum atomic E-state index is 0.230. The largest absolute Gasteiger partial charge is 0.395 e.